The highest BCUT2D eigenvalue weighted by Crippen LogP contribution is 2.38. The number of nitrogens with zero attached hydrogens (tertiary/aromatic N) is 1. The Bertz CT molecular complexity index is 523. The molecule has 2 heterocycles. The van der Waals surface area contributed by atoms with Crippen LogP contribution in [-0.4, -0.2) is 4.98 Å². The Morgan fingerprint density at radius 2 is 2.24 bits per heavy atom. The molecule has 0 radical (unpaired) electrons. The molecule has 2 N–H and O–H groups in total. The monoisotopic (exact) mass is 348 g/mol. The number of hydrogen-bond donors (Lipinski definition) is 1. The molecule has 2 nitrogen and oxygen atoms in total. The number of thiazole rings is 1. The molecule has 1 aliphatic carbocycles. The van der Waals surface area contributed by atoms with Gasteiger partial charge in [-0.15, -0.1) is 22.7 Å². The van der Waals surface area contributed by atoms with Gasteiger partial charge in [0.1, 0.15) is 9.34 Å². The van der Waals surface area contributed by atoms with Gasteiger partial charge in [0.05, 0.1) is 11.7 Å². The van der Waals surface area contributed by atoms with Crippen molar-refractivity contribution in [2.45, 2.75) is 25.3 Å². The summed E-state index contributed by atoms with van der Waals surface area (Å²) in [5, 5.41) is 1.01. The van der Waals surface area contributed by atoms with Crippen LogP contribution >= 0.6 is 50.2 Å². The third kappa shape index (κ3) is 2.19. The van der Waals surface area contributed by atoms with Crippen molar-refractivity contribution >= 4 is 50.2 Å². The zero-order chi connectivity index (χ0) is 12.0. The maximum Gasteiger partial charge on any atom is 0.115 e. The van der Waals surface area contributed by atoms with Crippen LogP contribution in [0.15, 0.2) is 10.5 Å². The number of hydrogen-bond acceptors (Lipinski definition) is 4. The Hall–Kier alpha value is 0.0600. The zero-order valence-corrected chi connectivity index (χ0v) is 12.8. The number of thiophene rings is 1. The van der Waals surface area contributed by atoms with E-state index in [4.69, 9.17) is 17.3 Å². The van der Waals surface area contributed by atoms with Crippen LogP contribution in [0, 0.1) is 0 Å². The molecule has 0 aliphatic heterocycles. The van der Waals surface area contributed by atoms with Crippen LogP contribution in [0.5, 0.6) is 0 Å². The van der Waals surface area contributed by atoms with Gasteiger partial charge in [0, 0.05) is 14.2 Å². The van der Waals surface area contributed by atoms with E-state index in [0.29, 0.717) is 0 Å². The molecule has 0 spiro atoms. The summed E-state index contributed by atoms with van der Waals surface area (Å²) in [5.41, 5.74) is 7.49. The van der Waals surface area contributed by atoms with Crippen molar-refractivity contribution in [2.24, 2.45) is 5.73 Å². The molecule has 2 aromatic rings. The predicted octanol–water partition coefficient (Wildman–Crippen LogP) is 4.16. The molecule has 90 valence electrons. The molecule has 1 unspecified atom stereocenters. The lowest BCUT2D eigenvalue weighted by molar-refractivity contribution is 0.846. The van der Waals surface area contributed by atoms with Crippen molar-refractivity contribution in [3.05, 3.63) is 35.3 Å². The fraction of sp³-hybridized carbons (Fsp3) is 0.364. The summed E-state index contributed by atoms with van der Waals surface area (Å²) in [6.45, 7) is 0. The molecular formula is C11H10BrClN2S2. The lowest BCUT2D eigenvalue weighted by Gasteiger charge is -2.04. The number of aryl methyl sites for hydroxylation is 2. The van der Waals surface area contributed by atoms with Crippen molar-refractivity contribution in [3.63, 3.8) is 0 Å². The smallest absolute Gasteiger partial charge is 0.115 e. The molecule has 0 amide bonds. The van der Waals surface area contributed by atoms with Crippen molar-refractivity contribution in [1.29, 1.82) is 0 Å². The SMILES string of the molecule is NC(c1cc(Br)c(Cl)s1)c1nc2c(s1)CCC2. The van der Waals surface area contributed by atoms with Gasteiger partial charge in [-0.1, -0.05) is 11.6 Å². The van der Waals surface area contributed by atoms with Gasteiger partial charge >= 0.3 is 0 Å². The summed E-state index contributed by atoms with van der Waals surface area (Å²) in [6.07, 6.45) is 3.50. The molecule has 2 aromatic heterocycles. The summed E-state index contributed by atoms with van der Waals surface area (Å²) in [6, 6.07) is 1.85. The Morgan fingerprint density at radius 3 is 2.88 bits per heavy atom. The molecule has 17 heavy (non-hydrogen) atoms. The van der Waals surface area contributed by atoms with Crippen molar-refractivity contribution in [2.75, 3.05) is 0 Å². The summed E-state index contributed by atoms with van der Waals surface area (Å²) in [4.78, 5) is 7.13. The minimum atomic E-state index is -0.139. The van der Waals surface area contributed by atoms with Crippen molar-refractivity contribution < 1.29 is 0 Å². The van der Waals surface area contributed by atoms with Gasteiger partial charge in [0.15, 0.2) is 0 Å². The maximum atomic E-state index is 6.24. The van der Waals surface area contributed by atoms with Gasteiger partial charge in [0.25, 0.3) is 0 Å². The molecule has 1 aliphatic rings. The quantitative estimate of drug-likeness (QED) is 0.884. The Labute approximate surface area is 121 Å². The fourth-order valence-corrected chi connectivity index (χ4v) is 4.97. The Kier molecular flexibility index (Phi) is 3.30. The van der Waals surface area contributed by atoms with E-state index in [0.717, 1.165) is 31.5 Å². The van der Waals surface area contributed by atoms with Gasteiger partial charge in [-0.2, -0.15) is 0 Å². The van der Waals surface area contributed by atoms with Crippen LogP contribution < -0.4 is 5.73 Å². The summed E-state index contributed by atoms with van der Waals surface area (Å²) in [5.74, 6) is 0. The van der Waals surface area contributed by atoms with E-state index in [-0.39, 0.29) is 6.04 Å². The van der Waals surface area contributed by atoms with E-state index in [1.54, 1.807) is 11.3 Å². The largest absolute Gasteiger partial charge is 0.318 e. The number of fused-ring (bicyclic) bond motifs is 1. The van der Waals surface area contributed by atoms with E-state index < -0.39 is 0 Å². The van der Waals surface area contributed by atoms with Crippen LogP contribution in [0.4, 0.5) is 0 Å². The zero-order valence-electron chi connectivity index (χ0n) is 8.87. The van der Waals surface area contributed by atoms with Gasteiger partial charge < -0.3 is 5.73 Å². The van der Waals surface area contributed by atoms with Crippen molar-refractivity contribution in [1.82, 2.24) is 4.98 Å². The molecule has 1 atom stereocenters. The second-order valence-electron chi connectivity index (χ2n) is 4.02. The highest BCUT2D eigenvalue weighted by atomic mass is 79.9. The number of halogens is 2. The fourth-order valence-electron chi connectivity index (χ4n) is 1.98. The van der Waals surface area contributed by atoms with Gasteiger partial charge in [-0.25, -0.2) is 4.98 Å². The van der Waals surface area contributed by atoms with Crippen LogP contribution in [-0.2, 0) is 12.8 Å². The number of rotatable bonds is 2. The standard InChI is InChI=1S/C11H10BrClN2S2/c12-5-4-8(16-10(5)13)9(14)11-15-6-2-1-3-7(6)17-11/h4,9H,1-3,14H2. The summed E-state index contributed by atoms with van der Waals surface area (Å²) < 4.78 is 1.67. The predicted molar refractivity (Wildman–Crippen MR) is 77.2 cm³/mol. The van der Waals surface area contributed by atoms with Crippen LogP contribution in [0.25, 0.3) is 0 Å². The van der Waals surface area contributed by atoms with Gasteiger partial charge in [0.2, 0.25) is 0 Å². The Balaban J connectivity index is 1.92. The molecule has 0 aromatic carbocycles. The van der Waals surface area contributed by atoms with E-state index >= 15 is 0 Å². The van der Waals surface area contributed by atoms with Crippen LogP contribution in [0.3, 0.4) is 0 Å². The average Bonchev–Trinajstić information content (AvgIpc) is 2.92. The van der Waals surface area contributed by atoms with E-state index in [9.17, 15) is 0 Å². The molecule has 0 saturated carbocycles. The molecular weight excluding hydrogens is 340 g/mol. The van der Waals surface area contributed by atoms with E-state index in [1.807, 2.05) is 6.07 Å². The summed E-state index contributed by atoms with van der Waals surface area (Å²) in [7, 11) is 0. The van der Waals surface area contributed by atoms with Crippen molar-refractivity contribution in [3.8, 4) is 0 Å². The average molecular weight is 350 g/mol. The molecule has 0 saturated heterocycles. The van der Waals surface area contributed by atoms with Gasteiger partial charge in [-0.3, -0.25) is 0 Å². The van der Waals surface area contributed by atoms with E-state index in [1.165, 1.54) is 28.3 Å². The lowest BCUT2D eigenvalue weighted by atomic mass is 10.2. The van der Waals surface area contributed by atoms with Crippen LogP contribution in [0.1, 0.15) is 32.9 Å². The first-order valence-electron chi connectivity index (χ1n) is 5.34. The molecule has 0 fully saturated rings. The molecule has 6 heteroatoms. The topological polar surface area (TPSA) is 38.9 Å². The molecule has 0 bridgehead atoms. The minimum Gasteiger partial charge on any atom is -0.318 e. The molecule has 3 rings (SSSR count). The first-order valence-corrected chi connectivity index (χ1v) is 8.14. The first kappa shape index (κ1) is 12.1. The summed E-state index contributed by atoms with van der Waals surface area (Å²) >= 11 is 12.7. The second-order valence-corrected chi connectivity index (χ2v) is 7.68. The third-order valence-corrected chi connectivity index (χ3v) is 6.65. The minimum absolute atomic E-state index is 0.139. The third-order valence-electron chi connectivity index (χ3n) is 2.85. The number of aromatic nitrogens is 1. The normalized spacial score (nSPS) is 16.2. The first-order chi connectivity index (χ1) is 8.15. The maximum absolute atomic E-state index is 6.24. The van der Waals surface area contributed by atoms with E-state index in [2.05, 4.69) is 20.9 Å². The highest BCUT2D eigenvalue weighted by Gasteiger charge is 2.22. The van der Waals surface area contributed by atoms with Gasteiger partial charge in [-0.05, 0) is 41.3 Å². The lowest BCUT2D eigenvalue weighted by Crippen LogP contribution is -2.09. The highest BCUT2D eigenvalue weighted by molar-refractivity contribution is 9.10. The van der Waals surface area contributed by atoms with Crippen LogP contribution in [0.2, 0.25) is 4.34 Å². The Morgan fingerprint density at radius 1 is 1.41 bits per heavy atom. The second kappa shape index (κ2) is 4.63. The number of nitrogens with two attached hydrogens (primary N) is 1.